The Morgan fingerprint density at radius 1 is 1.00 bits per heavy atom. The van der Waals surface area contributed by atoms with E-state index in [1.165, 1.54) is 0 Å². The van der Waals surface area contributed by atoms with Gasteiger partial charge in [-0.3, -0.25) is 19.2 Å². The Morgan fingerprint density at radius 2 is 1.59 bits per heavy atom. The summed E-state index contributed by atoms with van der Waals surface area (Å²) in [6.45, 7) is 15.7. The molecule has 0 aromatic rings. The van der Waals surface area contributed by atoms with Gasteiger partial charge in [0.25, 0.3) is 5.91 Å². The predicted octanol–water partition coefficient (Wildman–Crippen LogP) is 1.71. The number of nitrogens with two attached hydrogens (primary N) is 1. The molecular formula is C27H45N5O5. The van der Waals surface area contributed by atoms with Crippen LogP contribution in [-0.2, 0) is 19.2 Å². The summed E-state index contributed by atoms with van der Waals surface area (Å²) in [5, 5.41) is 8.44. The second-order valence-corrected chi connectivity index (χ2v) is 13.9. The van der Waals surface area contributed by atoms with E-state index in [4.69, 9.17) is 5.73 Å². The number of rotatable bonds is 8. The molecule has 5 atom stereocenters. The van der Waals surface area contributed by atoms with Gasteiger partial charge in [-0.1, -0.05) is 53.9 Å². The number of carbonyl (C=O) groups excluding carboxylic acids is 5. The summed E-state index contributed by atoms with van der Waals surface area (Å²) in [5.41, 5.74) is 4.04. The first-order valence-corrected chi connectivity index (χ1v) is 13.4. The van der Waals surface area contributed by atoms with E-state index in [-0.39, 0.29) is 29.1 Å². The molecule has 37 heavy (non-hydrogen) atoms. The highest BCUT2D eigenvalue weighted by atomic mass is 16.2. The number of nitrogens with zero attached hydrogens (tertiary/aromatic N) is 1. The van der Waals surface area contributed by atoms with Crippen LogP contribution in [0, 0.1) is 28.6 Å². The number of piperidine rings is 1. The number of carbonyl (C=O) groups is 5. The molecule has 0 bridgehead atoms. The van der Waals surface area contributed by atoms with E-state index in [1.54, 1.807) is 4.90 Å². The summed E-state index contributed by atoms with van der Waals surface area (Å²) in [6, 6.07) is -3.13. The maximum atomic E-state index is 13.9. The molecule has 3 aliphatic rings. The Hall–Kier alpha value is -2.65. The van der Waals surface area contributed by atoms with Crippen molar-refractivity contribution in [2.24, 2.45) is 34.3 Å². The summed E-state index contributed by atoms with van der Waals surface area (Å²) in [5.74, 6) is -2.35. The third-order valence-electron chi connectivity index (χ3n) is 8.31. The van der Waals surface area contributed by atoms with Crippen LogP contribution >= 0.6 is 0 Å². The lowest BCUT2D eigenvalue weighted by molar-refractivity contribution is -0.145. The number of fused-ring (bicyclic) bond motifs is 1. The normalized spacial score (nSPS) is 26.3. The number of hydrogen-bond donors (Lipinski definition) is 4. The Kier molecular flexibility index (Phi) is 7.74. The lowest BCUT2D eigenvalue weighted by Gasteiger charge is -2.38. The zero-order chi connectivity index (χ0) is 28.1. The van der Waals surface area contributed by atoms with Crippen molar-refractivity contribution in [1.29, 1.82) is 0 Å². The van der Waals surface area contributed by atoms with Gasteiger partial charge in [-0.05, 0) is 55.8 Å². The zero-order valence-electron chi connectivity index (χ0n) is 23.6. The topological polar surface area (TPSA) is 151 Å². The fourth-order valence-electron chi connectivity index (χ4n) is 5.86. The molecule has 10 nitrogen and oxygen atoms in total. The smallest absolute Gasteiger partial charge is 0.315 e. The molecule has 1 aliphatic heterocycles. The number of hydrogen-bond acceptors (Lipinski definition) is 5. The summed E-state index contributed by atoms with van der Waals surface area (Å²) >= 11 is 0. The predicted molar refractivity (Wildman–Crippen MR) is 139 cm³/mol. The van der Waals surface area contributed by atoms with Gasteiger partial charge in [-0.25, -0.2) is 4.79 Å². The van der Waals surface area contributed by atoms with Crippen molar-refractivity contribution in [3.05, 3.63) is 0 Å². The number of nitrogens with one attached hydrogen (secondary N) is 3. The minimum Gasteiger partial charge on any atom is -0.363 e. The van der Waals surface area contributed by atoms with Crippen LogP contribution in [0.1, 0.15) is 81.1 Å². The number of Topliss-reactive ketones (excluding diaryl/α,β-unsaturated/α-hetero) is 1. The highest BCUT2D eigenvalue weighted by molar-refractivity contribution is 6.37. The summed E-state index contributed by atoms with van der Waals surface area (Å²) < 4.78 is 0. The maximum absolute atomic E-state index is 13.9. The fourth-order valence-corrected chi connectivity index (χ4v) is 5.86. The van der Waals surface area contributed by atoms with E-state index in [0.29, 0.717) is 13.0 Å². The van der Waals surface area contributed by atoms with Crippen molar-refractivity contribution in [1.82, 2.24) is 20.9 Å². The van der Waals surface area contributed by atoms with Gasteiger partial charge in [0, 0.05) is 12.1 Å². The van der Waals surface area contributed by atoms with Crippen molar-refractivity contribution < 1.29 is 24.0 Å². The molecule has 3 unspecified atom stereocenters. The molecule has 2 saturated carbocycles. The minimum atomic E-state index is -1.07. The lowest BCUT2D eigenvalue weighted by Crippen LogP contribution is -2.62. The average molecular weight is 520 g/mol. The van der Waals surface area contributed by atoms with Gasteiger partial charge in [-0.2, -0.15) is 0 Å². The number of urea groups is 1. The van der Waals surface area contributed by atoms with Crippen LogP contribution in [0.4, 0.5) is 4.79 Å². The number of likely N-dealkylation sites (tertiary alicyclic amines) is 1. The van der Waals surface area contributed by atoms with E-state index in [2.05, 4.69) is 29.8 Å². The third kappa shape index (κ3) is 6.26. The van der Waals surface area contributed by atoms with Gasteiger partial charge < -0.3 is 26.6 Å². The van der Waals surface area contributed by atoms with Crippen molar-refractivity contribution in [2.75, 3.05) is 6.54 Å². The van der Waals surface area contributed by atoms with Crippen molar-refractivity contribution in [2.45, 2.75) is 105 Å². The minimum absolute atomic E-state index is 0.0755. The molecule has 5 N–H and O–H groups in total. The van der Waals surface area contributed by atoms with Gasteiger partial charge in [0.1, 0.15) is 12.1 Å². The molecule has 208 valence electrons. The summed E-state index contributed by atoms with van der Waals surface area (Å²) in [7, 11) is 0. The standard InChI is InChI=1S/C27H45N5O5/c1-25(2,3)20(30-24(37)31-26(4,5)6)23(36)32-13-15-17(27(15,7)8)18(32)22(35)29-16(19(33)21(28)34)12-14-10-9-11-14/h14-18,20H,9-13H2,1-8H3,(H2,28,34)(H,29,35)(H2,30,31,37)/t15-,16?,17?,18-,20?/m0/s1. The highest BCUT2D eigenvalue weighted by Crippen LogP contribution is 2.65. The van der Waals surface area contributed by atoms with Gasteiger partial charge in [-0.15, -0.1) is 0 Å². The van der Waals surface area contributed by atoms with Gasteiger partial charge in [0.2, 0.25) is 17.6 Å². The Morgan fingerprint density at radius 3 is 2.05 bits per heavy atom. The molecule has 3 fully saturated rings. The largest absolute Gasteiger partial charge is 0.363 e. The first-order chi connectivity index (χ1) is 16.8. The Balaban J connectivity index is 1.83. The molecule has 0 spiro atoms. The number of ketones is 1. The molecular weight excluding hydrogens is 474 g/mol. The maximum Gasteiger partial charge on any atom is 0.315 e. The highest BCUT2D eigenvalue weighted by Gasteiger charge is 2.70. The Bertz CT molecular complexity index is 959. The SMILES string of the molecule is CC(C)(C)NC(=O)NC(C(=O)N1C[C@H]2C([C@H]1C(=O)NC(CC1CCC1)C(=O)C(N)=O)C2(C)C)C(C)(C)C. The molecule has 10 heteroatoms. The van der Waals surface area contributed by atoms with Crippen LogP contribution in [0.2, 0.25) is 0 Å². The van der Waals surface area contributed by atoms with Gasteiger partial charge >= 0.3 is 6.03 Å². The monoisotopic (exact) mass is 519 g/mol. The van der Waals surface area contributed by atoms with E-state index in [1.807, 2.05) is 41.5 Å². The van der Waals surface area contributed by atoms with E-state index in [0.717, 1.165) is 19.3 Å². The third-order valence-corrected chi connectivity index (χ3v) is 8.31. The first-order valence-electron chi connectivity index (χ1n) is 13.4. The van der Waals surface area contributed by atoms with Crippen molar-refractivity contribution >= 4 is 29.5 Å². The van der Waals surface area contributed by atoms with Crippen LogP contribution < -0.4 is 21.7 Å². The van der Waals surface area contributed by atoms with E-state index in [9.17, 15) is 24.0 Å². The molecule has 2 aliphatic carbocycles. The molecule has 3 rings (SSSR count). The van der Waals surface area contributed by atoms with E-state index >= 15 is 0 Å². The molecule has 1 heterocycles. The lowest BCUT2D eigenvalue weighted by atomic mass is 9.80. The van der Waals surface area contributed by atoms with Gasteiger partial charge in [0.05, 0.1) is 6.04 Å². The van der Waals surface area contributed by atoms with Crippen molar-refractivity contribution in [3.8, 4) is 0 Å². The number of primary amides is 1. The van der Waals surface area contributed by atoms with Crippen LogP contribution in [0.3, 0.4) is 0 Å². The molecule has 0 radical (unpaired) electrons. The quantitative estimate of drug-likeness (QED) is 0.360. The van der Waals surface area contributed by atoms with E-state index < -0.39 is 52.7 Å². The molecule has 0 aromatic carbocycles. The van der Waals surface area contributed by atoms with Crippen molar-refractivity contribution in [3.63, 3.8) is 0 Å². The summed E-state index contributed by atoms with van der Waals surface area (Å²) in [6.07, 6.45) is 3.31. The second kappa shape index (κ2) is 9.91. The molecule has 1 saturated heterocycles. The molecule has 5 amide bonds. The van der Waals surface area contributed by atoms with Crippen LogP contribution in [0.25, 0.3) is 0 Å². The second-order valence-electron chi connectivity index (χ2n) is 13.9. The Labute approximate surface area is 220 Å². The zero-order valence-corrected chi connectivity index (χ0v) is 23.6. The molecule has 0 aromatic heterocycles. The first kappa shape index (κ1) is 28.9. The van der Waals surface area contributed by atoms with Crippen LogP contribution in [0.5, 0.6) is 0 Å². The average Bonchev–Trinajstić information content (AvgIpc) is 3.06. The number of amides is 5. The summed E-state index contributed by atoms with van der Waals surface area (Å²) in [4.78, 5) is 66.1. The fraction of sp³-hybridized carbons (Fsp3) is 0.815. The van der Waals surface area contributed by atoms with Gasteiger partial charge in [0.15, 0.2) is 0 Å². The van der Waals surface area contributed by atoms with Crippen LogP contribution in [-0.4, -0.2) is 64.6 Å². The van der Waals surface area contributed by atoms with Crippen LogP contribution in [0.15, 0.2) is 0 Å².